The summed E-state index contributed by atoms with van der Waals surface area (Å²) >= 11 is 6.89. The summed E-state index contributed by atoms with van der Waals surface area (Å²) in [5.41, 5.74) is 0.638. The molecule has 2 aromatic rings. The van der Waals surface area contributed by atoms with Gasteiger partial charge < -0.3 is 10.1 Å². The lowest BCUT2D eigenvalue weighted by Gasteiger charge is -2.07. The van der Waals surface area contributed by atoms with Gasteiger partial charge in [0, 0.05) is 18.2 Å². The number of nitro benzene ring substituents is 1. The summed E-state index contributed by atoms with van der Waals surface area (Å²) in [6.45, 7) is -0.0107. The minimum atomic E-state index is -0.551. The van der Waals surface area contributed by atoms with Crippen LogP contribution in [0.25, 0.3) is 0 Å². The largest absolute Gasteiger partial charge is 0.469 e. The monoisotopic (exact) mass is 368 g/mol. The Morgan fingerprint density at radius 1 is 1.33 bits per heavy atom. The molecule has 0 bridgehead atoms. The fourth-order valence-corrected chi connectivity index (χ4v) is 2.94. The van der Waals surface area contributed by atoms with Crippen molar-refractivity contribution in [1.82, 2.24) is 5.32 Å². The van der Waals surface area contributed by atoms with Crippen LogP contribution in [0.3, 0.4) is 0 Å². The van der Waals surface area contributed by atoms with Gasteiger partial charge in [0.15, 0.2) is 0 Å². The summed E-state index contributed by atoms with van der Waals surface area (Å²) in [7, 11) is 1.25. The number of methoxy groups -OCH3 is 1. The Bertz CT molecular complexity index is 790. The molecule has 1 aromatic carbocycles. The van der Waals surface area contributed by atoms with Crippen LogP contribution in [0.4, 0.5) is 5.69 Å². The number of halogens is 1. The van der Waals surface area contributed by atoms with Crippen LogP contribution in [0, 0.1) is 10.1 Å². The first-order valence-electron chi connectivity index (χ1n) is 6.77. The van der Waals surface area contributed by atoms with E-state index in [9.17, 15) is 19.7 Å². The molecule has 0 aliphatic carbocycles. The van der Waals surface area contributed by atoms with Crippen LogP contribution in [0.1, 0.15) is 20.8 Å². The first-order valence-corrected chi connectivity index (χ1v) is 7.96. The molecule has 0 spiro atoms. The molecule has 0 radical (unpaired) electrons. The maximum absolute atomic E-state index is 12.0. The van der Waals surface area contributed by atoms with Gasteiger partial charge in [-0.3, -0.25) is 19.7 Å². The van der Waals surface area contributed by atoms with Crippen molar-refractivity contribution in [3.8, 4) is 0 Å². The van der Waals surface area contributed by atoms with E-state index in [0.717, 1.165) is 11.3 Å². The number of carbonyl (C=O) groups is 2. The van der Waals surface area contributed by atoms with E-state index in [0.29, 0.717) is 20.3 Å². The van der Waals surface area contributed by atoms with Crippen LogP contribution >= 0.6 is 22.9 Å². The molecule has 126 valence electrons. The lowest BCUT2D eigenvalue weighted by atomic mass is 10.1. The minimum Gasteiger partial charge on any atom is -0.469 e. The molecule has 24 heavy (non-hydrogen) atoms. The van der Waals surface area contributed by atoms with Crippen molar-refractivity contribution in [2.45, 2.75) is 13.0 Å². The predicted octanol–water partition coefficient (Wildman–Crippen LogP) is 2.96. The molecule has 2 rings (SSSR count). The summed E-state index contributed by atoms with van der Waals surface area (Å²) in [4.78, 5) is 34.3. The lowest BCUT2D eigenvalue weighted by Crippen LogP contribution is -2.22. The van der Waals surface area contributed by atoms with Gasteiger partial charge in [-0.25, -0.2) is 0 Å². The molecule has 0 aliphatic rings. The average Bonchev–Trinajstić information content (AvgIpc) is 2.99. The second kappa shape index (κ2) is 7.89. The second-order valence-corrected chi connectivity index (χ2v) is 6.47. The van der Waals surface area contributed by atoms with Gasteiger partial charge in [0.1, 0.15) is 0 Å². The van der Waals surface area contributed by atoms with Crippen LogP contribution in [-0.2, 0) is 22.5 Å². The van der Waals surface area contributed by atoms with Gasteiger partial charge in [0.2, 0.25) is 0 Å². The third kappa shape index (κ3) is 4.53. The van der Waals surface area contributed by atoms with Crippen LogP contribution < -0.4 is 5.32 Å². The highest BCUT2D eigenvalue weighted by atomic mass is 35.5. The summed E-state index contributed by atoms with van der Waals surface area (Å²) in [5.74, 6) is -0.847. The topological polar surface area (TPSA) is 98.5 Å². The number of amides is 1. The van der Waals surface area contributed by atoms with Crippen molar-refractivity contribution in [2.24, 2.45) is 0 Å². The van der Waals surface area contributed by atoms with E-state index in [-0.39, 0.29) is 24.6 Å². The second-order valence-electron chi connectivity index (χ2n) is 4.76. The Morgan fingerprint density at radius 3 is 2.67 bits per heavy atom. The predicted molar refractivity (Wildman–Crippen MR) is 89.3 cm³/mol. The molecular weight excluding hydrogens is 356 g/mol. The van der Waals surface area contributed by atoms with Crippen molar-refractivity contribution in [3.05, 3.63) is 60.8 Å². The number of esters is 1. The van der Waals surface area contributed by atoms with Gasteiger partial charge in [0.25, 0.3) is 11.6 Å². The minimum absolute atomic E-state index is 0.0107. The summed E-state index contributed by atoms with van der Waals surface area (Å²) in [6, 6.07) is 7.59. The fourth-order valence-electron chi connectivity index (χ4n) is 1.98. The zero-order valence-corrected chi connectivity index (χ0v) is 14.1. The van der Waals surface area contributed by atoms with Gasteiger partial charge in [-0.15, -0.1) is 11.3 Å². The Balaban J connectivity index is 2.13. The van der Waals surface area contributed by atoms with E-state index in [2.05, 4.69) is 10.1 Å². The van der Waals surface area contributed by atoms with Crippen molar-refractivity contribution in [1.29, 1.82) is 0 Å². The SMILES string of the molecule is COC(=O)Cc1ccc(CNC(=O)c2ccc(Cl)s2)c([N+](=O)[O-])c1. The fraction of sp³-hybridized carbons (Fsp3) is 0.200. The third-order valence-corrected chi connectivity index (χ3v) is 4.39. The Kier molecular flexibility index (Phi) is 5.88. The highest BCUT2D eigenvalue weighted by molar-refractivity contribution is 7.17. The summed E-state index contributed by atoms with van der Waals surface area (Å²) < 4.78 is 5.02. The smallest absolute Gasteiger partial charge is 0.309 e. The molecule has 1 heterocycles. The number of hydrogen-bond acceptors (Lipinski definition) is 6. The first kappa shape index (κ1) is 17.9. The molecule has 0 saturated heterocycles. The molecule has 1 N–H and O–H groups in total. The van der Waals surface area contributed by atoms with Crippen molar-refractivity contribution < 1.29 is 19.2 Å². The molecule has 0 unspecified atom stereocenters. The molecule has 1 aromatic heterocycles. The van der Waals surface area contributed by atoms with Gasteiger partial charge in [-0.1, -0.05) is 23.7 Å². The average molecular weight is 369 g/mol. The van der Waals surface area contributed by atoms with Crippen LogP contribution in [0.2, 0.25) is 4.34 Å². The van der Waals surface area contributed by atoms with Crippen molar-refractivity contribution in [3.63, 3.8) is 0 Å². The number of nitrogens with zero attached hydrogens (tertiary/aromatic N) is 1. The molecule has 0 saturated carbocycles. The van der Waals surface area contributed by atoms with Crippen molar-refractivity contribution >= 4 is 40.5 Å². The zero-order chi connectivity index (χ0) is 17.7. The number of ether oxygens (including phenoxy) is 1. The van der Waals surface area contributed by atoms with Gasteiger partial charge in [0.05, 0.1) is 27.7 Å². The molecular formula is C15H13ClN2O5S. The van der Waals surface area contributed by atoms with Crippen LogP contribution in [0.5, 0.6) is 0 Å². The quantitative estimate of drug-likeness (QED) is 0.480. The molecule has 1 amide bonds. The van der Waals surface area contributed by atoms with Crippen LogP contribution in [0.15, 0.2) is 30.3 Å². The van der Waals surface area contributed by atoms with E-state index in [1.54, 1.807) is 18.2 Å². The standard InChI is InChI=1S/C15H13ClN2O5S/c1-23-14(19)7-9-2-3-10(11(6-9)18(21)22)8-17-15(20)12-4-5-13(16)24-12/h2-6H,7-8H2,1H3,(H,17,20). The maximum atomic E-state index is 12.0. The van der Waals surface area contributed by atoms with E-state index in [1.165, 1.54) is 19.2 Å². The number of benzene rings is 1. The third-order valence-electron chi connectivity index (χ3n) is 3.16. The number of rotatable bonds is 6. The molecule has 0 atom stereocenters. The van der Waals surface area contributed by atoms with E-state index >= 15 is 0 Å². The Labute approximate surface area is 146 Å². The molecule has 0 aliphatic heterocycles. The normalized spacial score (nSPS) is 10.2. The first-order chi connectivity index (χ1) is 11.4. The number of hydrogen-bond donors (Lipinski definition) is 1. The Hall–Kier alpha value is -2.45. The summed E-state index contributed by atoms with van der Waals surface area (Å²) in [6.07, 6.45) is -0.0579. The van der Waals surface area contributed by atoms with Gasteiger partial charge in [-0.2, -0.15) is 0 Å². The maximum Gasteiger partial charge on any atom is 0.309 e. The molecule has 7 nitrogen and oxygen atoms in total. The highest BCUT2D eigenvalue weighted by Crippen LogP contribution is 2.23. The van der Waals surface area contributed by atoms with Crippen LogP contribution in [-0.4, -0.2) is 23.9 Å². The number of thiophene rings is 1. The highest BCUT2D eigenvalue weighted by Gasteiger charge is 2.17. The van der Waals surface area contributed by atoms with E-state index < -0.39 is 10.9 Å². The summed E-state index contributed by atoms with van der Waals surface area (Å²) in [5, 5.41) is 13.8. The number of carbonyl (C=O) groups excluding carboxylic acids is 2. The molecule has 9 heteroatoms. The zero-order valence-electron chi connectivity index (χ0n) is 12.6. The Morgan fingerprint density at radius 2 is 2.08 bits per heavy atom. The van der Waals surface area contributed by atoms with Gasteiger partial charge >= 0.3 is 5.97 Å². The van der Waals surface area contributed by atoms with E-state index in [1.807, 2.05) is 0 Å². The van der Waals surface area contributed by atoms with E-state index in [4.69, 9.17) is 11.6 Å². The van der Waals surface area contributed by atoms with Gasteiger partial charge in [-0.05, 0) is 17.7 Å². The lowest BCUT2D eigenvalue weighted by molar-refractivity contribution is -0.385. The number of nitro groups is 1. The van der Waals surface area contributed by atoms with Crippen molar-refractivity contribution in [2.75, 3.05) is 7.11 Å². The number of nitrogens with one attached hydrogen (secondary N) is 1. The molecule has 0 fully saturated rings.